The highest BCUT2D eigenvalue weighted by atomic mass is 35.5. The molecule has 0 N–H and O–H groups in total. The third-order valence-electron chi connectivity index (χ3n) is 2.68. The van der Waals surface area contributed by atoms with Gasteiger partial charge >= 0.3 is 0 Å². The van der Waals surface area contributed by atoms with Crippen molar-refractivity contribution in [2.24, 2.45) is 5.41 Å². The topological polar surface area (TPSA) is 0 Å². The molecule has 0 spiro atoms. The van der Waals surface area contributed by atoms with Crippen LogP contribution in [0.1, 0.15) is 51.2 Å². The van der Waals surface area contributed by atoms with E-state index >= 15 is 0 Å². The maximum atomic E-state index is 6.13. The Morgan fingerprint density at radius 2 is 1.87 bits per heavy atom. The molecule has 0 heterocycles. The summed E-state index contributed by atoms with van der Waals surface area (Å²) in [7, 11) is 0. The van der Waals surface area contributed by atoms with Crippen molar-refractivity contribution in [3.63, 3.8) is 0 Å². The van der Waals surface area contributed by atoms with Crippen LogP contribution in [0.25, 0.3) is 0 Å². The van der Waals surface area contributed by atoms with E-state index in [9.17, 15) is 0 Å². The van der Waals surface area contributed by atoms with Crippen LogP contribution in [-0.4, -0.2) is 0 Å². The number of rotatable bonds is 2. The molecule has 15 heavy (non-hydrogen) atoms. The second kappa shape index (κ2) is 4.57. The summed E-state index contributed by atoms with van der Waals surface area (Å²) in [5, 5.41) is 0.883. The summed E-state index contributed by atoms with van der Waals surface area (Å²) >= 11 is 6.13. The first kappa shape index (κ1) is 12.6. The molecular weight excluding hydrogens is 204 g/mol. The third kappa shape index (κ3) is 3.87. The monoisotopic (exact) mass is 224 g/mol. The van der Waals surface area contributed by atoms with Crippen LogP contribution in [0.5, 0.6) is 0 Å². The quantitative estimate of drug-likeness (QED) is 0.649. The van der Waals surface area contributed by atoms with E-state index < -0.39 is 0 Å². The lowest BCUT2D eigenvalue weighted by atomic mass is 9.82. The Kier molecular flexibility index (Phi) is 3.83. The second-order valence-corrected chi connectivity index (χ2v) is 6.08. The molecule has 1 rings (SSSR count). The van der Waals surface area contributed by atoms with Crippen molar-refractivity contribution in [2.45, 2.75) is 47.0 Å². The maximum absolute atomic E-state index is 6.13. The maximum Gasteiger partial charge on any atom is 0.0438 e. The average Bonchev–Trinajstić information content (AvgIpc) is 2.06. The molecule has 0 nitrogen and oxygen atoms in total. The number of benzene rings is 1. The molecule has 84 valence electrons. The summed E-state index contributed by atoms with van der Waals surface area (Å²) in [5.74, 6) is 0.572. The average molecular weight is 225 g/mol. The number of halogens is 1. The standard InChI is InChI=1S/C14H21Cl/c1-10-6-7-12(8-13(10)15)11(2)9-14(3,4)5/h6-8,11H,9H2,1-5H3/t11-/m1/s1. The smallest absolute Gasteiger partial charge is 0.0438 e. The van der Waals surface area contributed by atoms with Gasteiger partial charge in [0.25, 0.3) is 0 Å². The van der Waals surface area contributed by atoms with Gasteiger partial charge in [0.1, 0.15) is 0 Å². The molecule has 0 saturated carbocycles. The fourth-order valence-corrected chi connectivity index (χ4v) is 2.14. The van der Waals surface area contributed by atoms with E-state index in [1.165, 1.54) is 12.0 Å². The van der Waals surface area contributed by atoms with E-state index in [1.54, 1.807) is 0 Å². The second-order valence-electron chi connectivity index (χ2n) is 5.67. The van der Waals surface area contributed by atoms with Gasteiger partial charge in [-0.1, -0.05) is 51.4 Å². The number of aryl methyl sites for hydroxylation is 1. The van der Waals surface area contributed by atoms with Crippen LogP contribution in [0, 0.1) is 12.3 Å². The highest BCUT2D eigenvalue weighted by Crippen LogP contribution is 2.32. The lowest BCUT2D eigenvalue weighted by Gasteiger charge is -2.23. The predicted molar refractivity (Wildman–Crippen MR) is 68.7 cm³/mol. The Labute approximate surface area is 98.7 Å². The van der Waals surface area contributed by atoms with Crippen LogP contribution in [0.3, 0.4) is 0 Å². The molecule has 0 fully saturated rings. The van der Waals surface area contributed by atoms with Gasteiger partial charge in [-0.25, -0.2) is 0 Å². The van der Waals surface area contributed by atoms with Gasteiger partial charge in [0.05, 0.1) is 0 Å². The van der Waals surface area contributed by atoms with Crippen LogP contribution in [0.15, 0.2) is 18.2 Å². The minimum Gasteiger partial charge on any atom is -0.0840 e. The summed E-state index contributed by atoms with van der Waals surface area (Å²) in [5.41, 5.74) is 2.88. The molecule has 0 aliphatic carbocycles. The van der Waals surface area contributed by atoms with Crippen LogP contribution in [0.4, 0.5) is 0 Å². The Morgan fingerprint density at radius 3 is 2.33 bits per heavy atom. The Hall–Kier alpha value is -0.490. The molecule has 0 aliphatic heterocycles. The summed E-state index contributed by atoms with van der Waals surface area (Å²) in [4.78, 5) is 0. The molecule has 0 aromatic heterocycles. The van der Waals surface area contributed by atoms with E-state index in [1.807, 2.05) is 6.92 Å². The molecule has 0 aliphatic rings. The molecule has 1 heteroatoms. The predicted octanol–water partition coefficient (Wildman–Crippen LogP) is 5.19. The zero-order valence-corrected chi connectivity index (χ0v) is 11.2. The van der Waals surface area contributed by atoms with Crippen molar-refractivity contribution < 1.29 is 0 Å². The van der Waals surface area contributed by atoms with Crippen molar-refractivity contribution in [3.05, 3.63) is 34.3 Å². The molecule has 0 bridgehead atoms. The van der Waals surface area contributed by atoms with Crippen LogP contribution in [0.2, 0.25) is 5.02 Å². The first-order chi connectivity index (χ1) is 6.79. The minimum absolute atomic E-state index is 0.372. The molecule has 0 saturated heterocycles. The molecule has 0 radical (unpaired) electrons. The minimum atomic E-state index is 0.372. The Bertz CT molecular complexity index is 334. The van der Waals surface area contributed by atoms with Crippen LogP contribution < -0.4 is 0 Å². The van der Waals surface area contributed by atoms with Gasteiger partial charge in [-0.15, -0.1) is 0 Å². The van der Waals surface area contributed by atoms with Gasteiger partial charge in [-0.3, -0.25) is 0 Å². The Morgan fingerprint density at radius 1 is 1.27 bits per heavy atom. The Balaban J connectivity index is 2.83. The summed E-state index contributed by atoms with van der Waals surface area (Å²) in [6, 6.07) is 6.40. The van der Waals surface area contributed by atoms with Gasteiger partial charge < -0.3 is 0 Å². The van der Waals surface area contributed by atoms with Gasteiger partial charge in [0.15, 0.2) is 0 Å². The van der Waals surface area contributed by atoms with Crippen LogP contribution in [-0.2, 0) is 0 Å². The van der Waals surface area contributed by atoms with Crippen molar-refractivity contribution >= 4 is 11.6 Å². The zero-order valence-electron chi connectivity index (χ0n) is 10.4. The summed E-state index contributed by atoms with van der Waals surface area (Å²) in [6.07, 6.45) is 1.19. The van der Waals surface area contributed by atoms with Crippen LogP contribution >= 0.6 is 11.6 Å². The summed E-state index contributed by atoms with van der Waals surface area (Å²) < 4.78 is 0. The van der Waals surface area contributed by atoms with Crippen molar-refractivity contribution in [3.8, 4) is 0 Å². The lowest BCUT2D eigenvalue weighted by molar-refractivity contribution is 0.349. The van der Waals surface area contributed by atoms with Gasteiger partial charge in [0, 0.05) is 5.02 Å². The fraction of sp³-hybridized carbons (Fsp3) is 0.571. The van der Waals surface area contributed by atoms with Crippen molar-refractivity contribution in [1.29, 1.82) is 0 Å². The largest absolute Gasteiger partial charge is 0.0840 e. The molecule has 0 unspecified atom stereocenters. The van der Waals surface area contributed by atoms with E-state index in [4.69, 9.17) is 11.6 Å². The first-order valence-corrected chi connectivity index (χ1v) is 5.93. The highest BCUT2D eigenvalue weighted by Gasteiger charge is 2.16. The van der Waals surface area contributed by atoms with Gasteiger partial charge in [-0.2, -0.15) is 0 Å². The van der Waals surface area contributed by atoms with Gasteiger partial charge in [-0.05, 0) is 41.9 Å². The lowest BCUT2D eigenvalue weighted by Crippen LogP contribution is -2.09. The third-order valence-corrected chi connectivity index (χ3v) is 3.09. The van der Waals surface area contributed by atoms with E-state index in [-0.39, 0.29) is 0 Å². The highest BCUT2D eigenvalue weighted by molar-refractivity contribution is 6.31. The number of hydrogen-bond donors (Lipinski definition) is 0. The zero-order chi connectivity index (χ0) is 11.6. The SMILES string of the molecule is Cc1ccc([C@H](C)CC(C)(C)C)cc1Cl. The fourth-order valence-electron chi connectivity index (χ4n) is 1.95. The first-order valence-electron chi connectivity index (χ1n) is 5.55. The van der Waals surface area contributed by atoms with Gasteiger partial charge in [0.2, 0.25) is 0 Å². The van der Waals surface area contributed by atoms with E-state index in [2.05, 4.69) is 45.9 Å². The van der Waals surface area contributed by atoms with Crippen molar-refractivity contribution in [2.75, 3.05) is 0 Å². The van der Waals surface area contributed by atoms with Crippen molar-refractivity contribution in [1.82, 2.24) is 0 Å². The van der Waals surface area contributed by atoms with E-state index in [0.29, 0.717) is 11.3 Å². The normalized spacial score (nSPS) is 14.0. The number of hydrogen-bond acceptors (Lipinski definition) is 0. The van der Waals surface area contributed by atoms with E-state index in [0.717, 1.165) is 10.6 Å². The molecule has 1 atom stereocenters. The summed E-state index contributed by atoms with van der Waals surface area (Å²) in [6.45, 7) is 11.1. The molecule has 0 amide bonds. The molecule has 1 aromatic carbocycles. The molecular formula is C14H21Cl. The molecule has 1 aromatic rings.